The van der Waals surface area contributed by atoms with E-state index in [9.17, 15) is 4.79 Å². The van der Waals surface area contributed by atoms with Crippen LogP contribution in [0.3, 0.4) is 0 Å². The van der Waals surface area contributed by atoms with Gasteiger partial charge in [-0.15, -0.1) is 11.3 Å². The quantitative estimate of drug-likeness (QED) is 0.684. The van der Waals surface area contributed by atoms with Gasteiger partial charge < -0.3 is 4.74 Å². The molecule has 3 heterocycles. The average molecular weight is 274 g/mol. The molecule has 0 radical (unpaired) electrons. The van der Waals surface area contributed by atoms with E-state index in [4.69, 9.17) is 4.74 Å². The second-order valence-corrected chi connectivity index (χ2v) is 4.54. The van der Waals surface area contributed by atoms with Gasteiger partial charge in [-0.1, -0.05) is 0 Å². The Morgan fingerprint density at radius 1 is 1.42 bits per heavy atom. The Kier molecular flexibility index (Phi) is 2.96. The molecule has 3 rings (SSSR count). The summed E-state index contributed by atoms with van der Waals surface area (Å²) in [5.41, 5.74) is 0.862. The lowest BCUT2D eigenvalue weighted by molar-refractivity contribution is 0.0521. The lowest BCUT2D eigenvalue weighted by Gasteiger charge is -1.97. The van der Waals surface area contributed by atoms with Gasteiger partial charge in [0.25, 0.3) is 0 Å². The van der Waals surface area contributed by atoms with Crippen LogP contribution in [-0.2, 0) is 4.74 Å². The van der Waals surface area contributed by atoms with Crippen molar-refractivity contribution in [1.29, 1.82) is 0 Å². The third-order valence-corrected chi connectivity index (χ3v) is 3.26. The Labute approximate surface area is 112 Å². The molecule has 96 valence electrons. The molecule has 19 heavy (non-hydrogen) atoms. The van der Waals surface area contributed by atoms with E-state index in [0.29, 0.717) is 22.8 Å². The van der Waals surface area contributed by atoms with Gasteiger partial charge in [0.2, 0.25) is 5.13 Å². The number of esters is 1. The number of carbonyl (C=O) groups is 1. The predicted molar refractivity (Wildman–Crippen MR) is 70.5 cm³/mol. The monoisotopic (exact) mass is 274 g/mol. The van der Waals surface area contributed by atoms with Gasteiger partial charge in [-0.25, -0.2) is 14.8 Å². The summed E-state index contributed by atoms with van der Waals surface area (Å²) >= 11 is 1.43. The number of aromatic nitrogens is 4. The number of pyridine rings is 1. The standard InChI is InChI=1S/C12H10N4O2S/c1-2-18-11(17)9-8-4-3-5-13-10(8)16(15-9)12-14-6-7-19-12/h3-7H,2H2,1H3. The topological polar surface area (TPSA) is 69.9 Å². The molecule has 0 fully saturated rings. The number of nitrogens with zero attached hydrogens (tertiary/aromatic N) is 4. The first-order valence-corrected chi connectivity index (χ1v) is 6.60. The molecule has 0 aliphatic rings. The molecule has 0 aliphatic heterocycles. The average Bonchev–Trinajstić information content (AvgIpc) is 3.06. The Morgan fingerprint density at radius 2 is 2.32 bits per heavy atom. The molecular weight excluding hydrogens is 264 g/mol. The Morgan fingerprint density at radius 3 is 3.05 bits per heavy atom. The van der Waals surface area contributed by atoms with E-state index >= 15 is 0 Å². The molecule has 0 spiro atoms. The Balaban J connectivity index is 2.22. The lowest BCUT2D eigenvalue weighted by Crippen LogP contribution is -2.06. The van der Waals surface area contributed by atoms with Crippen LogP contribution in [0.5, 0.6) is 0 Å². The minimum Gasteiger partial charge on any atom is -0.461 e. The molecule has 0 aromatic carbocycles. The summed E-state index contributed by atoms with van der Waals surface area (Å²) in [6.07, 6.45) is 3.34. The third-order valence-electron chi connectivity index (χ3n) is 2.51. The molecule has 0 unspecified atom stereocenters. The van der Waals surface area contributed by atoms with E-state index in [1.54, 1.807) is 36.1 Å². The summed E-state index contributed by atoms with van der Waals surface area (Å²) in [4.78, 5) is 20.3. The van der Waals surface area contributed by atoms with Crippen LogP contribution in [0.15, 0.2) is 29.9 Å². The number of rotatable bonds is 3. The maximum Gasteiger partial charge on any atom is 0.359 e. The van der Waals surface area contributed by atoms with Crippen molar-refractivity contribution in [2.24, 2.45) is 0 Å². The normalized spacial score (nSPS) is 10.8. The first-order chi connectivity index (χ1) is 9.31. The molecule has 3 aromatic rings. The first-order valence-electron chi connectivity index (χ1n) is 5.72. The van der Waals surface area contributed by atoms with Gasteiger partial charge in [0.15, 0.2) is 11.3 Å². The van der Waals surface area contributed by atoms with Crippen molar-refractivity contribution in [3.63, 3.8) is 0 Å². The van der Waals surface area contributed by atoms with Gasteiger partial charge in [0.1, 0.15) is 0 Å². The van der Waals surface area contributed by atoms with Crippen LogP contribution in [0.2, 0.25) is 0 Å². The molecule has 0 aliphatic carbocycles. The minimum atomic E-state index is -0.448. The second-order valence-electron chi connectivity index (χ2n) is 3.67. The predicted octanol–water partition coefficient (Wildman–Crippen LogP) is 2.05. The lowest BCUT2D eigenvalue weighted by atomic mass is 10.2. The molecule has 0 N–H and O–H groups in total. The molecular formula is C12H10N4O2S. The van der Waals surface area contributed by atoms with Crippen molar-refractivity contribution < 1.29 is 9.53 Å². The van der Waals surface area contributed by atoms with Crippen LogP contribution in [0.1, 0.15) is 17.4 Å². The smallest absolute Gasteiger partial charge is 0.359 e. The number of ether oxygens (including phenoxy) is 1. The molecule has 3 aromatic heterocycles. The van der Waals surface area contributed by atoms with Crippen molar-refractivity contribution in [2.75, 3.05) is 6.61 Å². The summed E-state index contributed by atoms with van der Waals surface area (Å²) in [5.74, 6) is -0.448. The van der Waals surface area contributed by atoms with Crippen molar-refractivity contribution in [1.82, 2.24) is 19.7 Å². The zero-order valence-electron chi connectivity index (χ0n) is 10.1. The fourth-order valence-electron chi connectivity index (χ4n) is 1.76. The highest BCUT2D eigenvalue weighted by Crippen LogP contribution is 2.21. The van der Waals surface area contributed by atoms with Crippen molar-refractivity contribution in [2.45, 2.75) is 6.92 Å². The van der Waals surface area contributed by atoms with Gasteiger partial charge >= 0.3 is 5.97 Å². The summed E-state index contributed by atoms with van der Waals surface area (Å²) in [7, 11) is 0. The number of hydrogen-bond donors (Lipinski definition) is 0. The van der Waals surface area contributed by atoms with E-state index in [2.05, 4.69) is 15.1 Å². The highest BCUT2D eigenvalue weighted by Gasteiger charge is 2.20. The zero-order valence-corrected chi connectivity index (χ0v) is 10.9. The Hall–Kier alpha value is -2.28. The van der Waals surface area contributed by atoms with Gasteiger partial charge in [0, 0.05) is 17.8 Å². The maximum absolute atomic E-state index is 11.9. The number of thiazole rings is 1. The third kappa shape index (κ3) is 1.97. The van der Waals surface area contributed by atoms with Crippen LogP contribution in [-0.4, -0.2) is 32.3 Å². The SMILES string of the molecule is CCOC(=O)c1nn(-c2nccs2)c2ncccc12. The molecule has 0 bridgehead atoms. The van der Waals surface area contributed by atoms with Crippen LogP contribution >= 0.6 is 11.3 Å². The van der Waals surface area contributed by atoms with Crippen LogP contribution in [0, 0.1) is 0 Å². The highest BCUT2D eigenvalue weighted by molar-refractivity contribution is 7.12. The van der Waals surface area contributed by atoms with Gasteiger partial charge in [-0.05, 0) is 19.1 Å². The fourth-order valence-corrected chi connectivity index (χ4v) is 2.35. The summed E-state index contributed by atoms with van der Waals surface area (Å²) in [6, 6.07) is 3.56. The van der Waals surface area contributed by atoms with E-state index in [-0.39, 0.29) is 5.69 Å². The minimum absolute atomic E-state index is 0.264. The van der Waals surface area contributed by atoms with E-state index in [0.717, 1.165) is 0 Å². The van der Waals surface area contributed by atoms with Crippen molar-refractivity contribution >= 4 is 28.3 Å². The van der Waals surface area contributed by atoms with Crippen molar-refractivity contribution in [3.8, 4) is 5.13 Å². The first kappa shape index (κ1) is 11.8. The highest BCUT2D eigenvalue weighted by atomic mass is 32.1. The molecule has 0 saturated carbocycles. The van der Waals surface area contributed by atoms with E-state index in [1.165, 1.54) is 11.3 Å². The van der Waals surface area contributed by atoms with Gasteiger partial charge in [-0.2, -0.15) is 9.78 Å². The van der Waals surface area contributed by atoms with Gasteiger partial charge in [0.05, 0.1) is 12.0 Å². The fraction of sp³-hybridized carbons (Fsp3) is 0.167. The van der Waals surface area contributed by atoms with Crippen LogP contribution < -0.4 is 0 Å². The number of fused-ring (bicyclic) bond motifs is 1. The summed E-state index contributed by atoms with van der Waals surface area (Å²) in [6.45, 7) is 2.07. The molecule has 6 nitrogen and oxygen atoms in total. The molecule has 0 atom stereocenters. The van der Waals surface area contributed by atoms with Crippen LogP contribution in [0.4, 0.5) is 0 Å². The largest absolute Gasteiger partial charge is 0.461 e. The number of carbonyl (C=O) groups excluding carboxylic acids is 1. The van der Waals surface area contributed by atoms with E-state index < -0.39 is 5.97 Å². The second kappa shape index (κ2) is 4.77. The van der Waals surface area contributed by atoms with E-state index in [1.807, 2.05) is 5.38 Å². The molecule has 0 amide bonds. The van der Waals surface area contributed by atoms with Crippen molar-refractivity contribution in [3.05, 3.63) is 35.6 Å². The Bertz CT molecular complexity index is 720. The van der Waals surface area contributed by atoms with Gasteiger partial charge in [-0.3, -0.25) is 0 Å². The molecule has 7 heteroatoms. The van der Waals surface area contributed by atoms with Crippen LogP contribution in [0.25, 0.3) is 16.2 Å². The maximum atomic E-state index is 11.9. The molecule has 0 saturated heterocycles. The zero-order chi connectivity index (χ0) is 13.2. The summed E-state index contributed by atoms with van der Waals surface area (Å²) < 4.78 is 6.57. The summed E-state index contributed by atoms with van der Waals surface area (Å²) in [5, 5.41) is 7.45. The number of hydrogen-bond acceptors (Lipinski definition) is 6.